The Balaban J connectivity index is 1.44. The van der Waals surface area contributed by atoms with Crippen LogP contribution in [-0.2, 0) is 0 Å². The Hall–Kier alpha value is -3.85. The predicted molar refractivity (Wildman–Crippen MR) is 134 cm³/mol. The fraction of sp³-hybridized carbons (Fsp3) is 0.280. The fourth-order valence-corrected chi connectivity index (χ4v) is 3.93. The van der Waals surface area contributed by atoms with Gasteiger partial charge < -0.3 is 20.0 Å². The second-order valence-corrected chi connectivity index (χ2v) is 8.45. The van der Waals surface area contributed by atoms with Crippen LogP contribution in [-0.4, -0.2) is 72.5 Å². The minimum Gasteiger partial charge on any atom is -0.338 e. The lowest BCUT2D eigenvalue weighted by molar-refractivity contribution is 0.311. The van der Waals surface area contributed by atoms with Crippen LogP contribution >= 0.6 is 0 Å². The zero-order valence-corrected chi connectivity index (χ0v) is 19.3. The normalized spacial score (nSPS) is 16.3. The van der Waals surface area contributed by atoms with E-state index < -0.39 is 0 Å². The molecule has 3 aromatic rings. The van der Waals surface area contributed by atoms with Gasteiger partial charge in [-0.05, 0) is 48.5 Å². The highest BCUT2D eigenvalue weighted by atomic mass is 19.1. The van der Waals surface area contributed by atoms with Crippen LogP contribution in [0.15, 0.2) is 65.7 Å². The van der Waals surface area contributed by atoms with Crippen LogP contribution in [0.2, 0.25) is 0 Å². The Morgan fingerprint density at radius 2 is 1.65 bits per heavy atom. The summed E-state index contributed by atoms with van der Waals surface area (Å²) >= 11 is 0. The monoisotopic (exact) mass is 458 g/mol. The molecule has 0 spiro atoms. The number of benzene rings is 2. The number of halogens is 1. The molecule has 2 aromatic carbocycles. The largest absolute Gasteiger partial charge is 0.338 e. The second-order valence-electron chi connectivity index (χ2n) is 8.45. The van der Waals surface area contributed by atoms with Gasteiger partial charge in [-0.2, -0.15) is 15.0 Å². The standard InChI is InChI=1S/C25H27FN8/c1-32-12-14-34(15-13-32)25-30-23(28-22-16-19(17-27-22)18-6-4-3-5-7-18)29-24(31-25)33(2)21-10-8-20(26)9-11-21/h3-11,16H,12-15,17H2,1-2H3,(H,27,28,29,30,31). The first-order valence-electron chi connectivity index (χ1n) is 11.3. The molecule has 0 aliphatic carbocycles. The van der Waals surface area contributed by atoms with Gasteiger partial charge in [-0.25, -0.2) is 4.39 Å². The highest BCUT2D eigenvalue weighted by Crippen LogP contribution is 2.25. The molecule has 3 heterocycles. The number of hydrogen-bond acceptors (Lipinski definition) is 8. The van der Waals surface area contributed by atoms with Gasteiger partial charge in [0.1, 0.15) is 11.7 Å². The lowest BCUT2D eigenvalue weighted by atomic mass is 10.1. The van der Waals surface area contributed by atoms with E-state index in [1.165, 1.54) is 12.1 Å². The second kappa shape index (κ2) is 9.56. The van der Waals surface area contributed by atoms with Gasteiger partial charge >= 0.3 is 0 Å². The minimum absolute atomic E-state index is 0.284. The van der Waals surface area contributed by atoms with Crippen molar-refractivity contribution in [3.63, 3.8) is 0 Å². The Morgan fingerprint density at radius 1 is 0.912 bits per heavy atom. The molecule has 0 amide bonds. The predicted octanol–water partition coefficient (Wildman–Crippen LogP) is 3.44. The summed E-state index contributed by atoms with van der Waals surface area (Å²) in [5, 5.41) is 3.27. The van der Waals surface area contributed by atoms with Crippen molar-refractivity contribution >= 4 is 34.9 Å². The number of aromatic nitrogens is 3. The molecule has 1 N–H and O–H groups in total. The average Bonchev–Trinajstić information content (AvgIpc) is 3.33. The minimum atomic E-state index is -0.284. The molecule has 0 saturated carbocycles. The van der Waals surface area contributed by atoms with Crippen LogP contribution < -0.4 is 15.1 Å². The Bertz CT molecular complexity index is 1200. The summed E-state index contributed by atoms with van der Waals surface area (Å²) in [6, 6.07) is 16.5. The van der Waals surface area contributed by atoms with E-state index in [4.69, 9.17) is 9.97 Å². The van der Waals surface area contributed by atoms with E-state index in [2.05, 4.69) is 44.3 Å². The maximum absolute atomic E-state index is 13.4. The molecule has 8 nitrogen and oxygen atoms in total. The molecule has 0 atom stereocenters. The number of aliphatic imine (C=N–C) groups is 1. The van der Waals surface area contributed by atoms with Crippen LogP contribution in [0.5, 0.6) is 0 Å². The number of anilines is 4. The van der Waals surface area contributed by atoms with Crippen LogP contribution in [0.3, 0.4) is 0 Å². The molecule has 5 rings (SSSR count). The molecule has 34 heavy (non-hydrogen) atoms. The van der Waals surface area contributed by atoms with Crippen molar-refractivity contribution < 1.29 is 4.39 Å². The van der Waals surface area contributed by atoms with E-state index in [0.29, 0.717) is 30.2 Å². The van der Waals surface area contributed by atoms with Crippen molar-refractivity contribution in [2.45, 2.75) is 0 Å². The van der Waals surface area contributed by atoms with Gasteiger partial charge in [0.05, 0.1) is 6.54 Å². The number of piperazine rings is 1. The summed E-state index contributed by atoms with van der Waals surface area (Å²) in [6.45, 7) is 4.14. The van der Waals surface area contributed by atoms with Crippen molar-refractivity contribution in [3.05, 3.63) is 72.1 Å². The molecular formula is C25H27FN8. The smallest absolute Gasteiger partial charge is 0.236 e. The topological polar surface area (TPSA) is 72.8 Å². The highest BCUT2D eigenvalue weighted by molar-refractivity contribution is 6.10. The van der Waals surface area contributed by atoms with Crippen molar-refractivity contribution in [1.29, 1.82) is 0 Å². The summed E-state index contributed by atoms with van der Waals surface area (Å²) in [5.41, 5.74) is 3.07. The van der Waals surface area contributed by atoms with Gasteiger partial charge in [-0.3, -0.25) is 4.99 Å². The summed E-state index contributed by atoms with van der Waals surface area (Å²) < 4.78 is 13.4. The Morgan fingerprint density at radius 3 is 2.38 bits per heavy atom. The van der Waals surface area contributed by atoms with Gasteiger partial charge in [-0.15, -0.1) is 0 Å². The highest BCUT2D eigenvalue weighted by Gasteiger charge is 2.21. The molecule has 2 aliphatic rings. The molecule has 174 valence electrons. The Kier molecular flexibility index (Phi) is 6.18. The van der Waals surface area contributed by atoms with Crippen molar-refractivity contribution in [3.8, 4) is 0 Å². The molecular weight excluding hydrogens is 431 g/mol. The van der Waals surface area contributed by atoms with Crippen LogP contribution in [0.4, 0.5) is 27.9 Å². The zero-order valence-electron chi connectivity index (χ0n) is 19.3. The van der Waals surface area contributed by atoms with Gasteiger partial charge in [0.25, 0.3) is 0 Å². The molecule has 9 heteroatoms. The number of nitrogens with one attached hydrogen (secondary N) is 1. The van der Waals surface area contributed by atoms with E-state index >= 15 is 0 Å². The zero-order chi connectivity index (χ0) is 23.5. The molecule has 0 unspecified atom stereocenters. The van der Waals surface area contributed by atoms with E-state index in [0.717, 1.165) is 43.0 Å². The van der Waals surface area contributed by atoms with Gasteiger partial charge in [0.15, 0.2) is 0 Å². The number of likely N-dealkylation sites (N-methyl/N-ethyl adjacent to an activating group) is 1. The van der Waals surface area contributed by atoms with E-state index in [1.54, 1.807) is 12.1 Å². The van der Waals surface area contributed by atoms with E-state index in [-0.39, 0.29) is 5.82 Å². The van der Waals surface area contributed by atoms with Gasteiger partial charge in [0.2, 0.25) is 17.8 Å². The molecule has 0 bridgehead atoms. The molecule has 2 aliphatic heterocycles. The summed E-state index contributed by atoms with van der Waals surface area (Å²) in [4.78, 5) is 25.0. The quantitative estimate of drug-likeness (QED) is 0.628. The van der Waals surface area contributed by atoms with Crippen molar-refractivity contribution in [1.82, 2.24) is 19.9 Å². The van der Waals surface area contributed by atoms with Gasteiger partial charge in [0, 0.05) is 38.9 Å². The lowest BCUT2D eigenvalue weighted by Crippen LogP contribution is -2.45. The number of nitrogens with zero attached hydrogens (tertiary/aromatic N) is 7. The van der Waals surface area contributed by atoms with E-state index in [1.807, 2.05) is 36.2 Å². The fourth-order valence-electron chi connectivity index (χ4n) is 3.93. The van der Waals surface area contributed by atoms with Crippen molar-refractivity contribution in [2.75, 3.05) is 61.9 Å². The summed E-state index contributed by atoms with van der Waals surface area (Å²) in [5.74, 6) is 1.94. The third-order valence-electron chi connectivity index (χ3n) is 6.03. The number of hydrogen-bond donors (Lipinski definition) is 1. The molecule has 1 fully saturated rings. The first-order valence-corrected chi connectivity index (χ1v) is 11.3. The van der Waals surface area contributed by atoms with Crippen LogP contribution in [0.25, 0.3) is 5.57 Å². The average molecular weight is 459 g/mol. The SMILES string of the molecule is CN1CCN(c2nc(NC3=NCC(c4ccccc4)=C3)nc(N(C)c3ccc(F)cc3)n2)CC1. The van der Waals surface area contributed by atoms with Crippen molar-refractivity contribution in [2.24, 2.45) is 4.99 Å². The number of amidine groups is 1. The van der Waals surface area contributed by atoms with E-state index in [9.17, 15) is 4.39 Å². The maximum Gasteiger partial charge on any atom is 0.236 e. The third kappa shape index (κ3) is 4.89. The lowest BCUT2D eigenvalue weighted by Gasteiger charge is -2.32. The van der Waals surface area contributed by atoms with Gasteiger partial charge in [-0.1, -0.05) is 30.3 Å². The first kappa shape index (κ1) is 22.0. The van der Waals surface area contributed by atoms with Crippen LogP contribution in [0.1, 0.15) is 5.56 Å². The molecule has 1 aromatic heterocycles. The molecule has 0 radical (unpaired) electrons. The summed E-state index contributed by atoms with van der Waals surface area (Å²) in [6.07, 6.45) is 2.03. The number of rotatable bonds is 5. The first-order chi connectivity index (χ1) is 16.5. The Labute approximate surface area is 198 Å². The third-order valence-corrected chi connectivity index (χ3v) is 6.03. The van der Waals surface area contributed by atoms with Crippen LogP contribution in [0, 0.1) is 5.82 Å². The summed E-state index contributed by atoms with van der Waals surface area (Å²) in [7, 11) is 3.97. The maximum atomic E-state index is 13.4. The molecule has 1 saturated heterocycles.